The van der Waals surface area contributed by atoms with Gasteiger partial charge < -0.3 is 0 Å². The molecule has 7 rings (SSSR count). The van der Waals surface area contributed by atoms with Crippen LogP contribution in [0.15, 0.2) is 96.1 Å². The molecule has 0 radical (unpaired) electrons. The first-order chi connectivity index (χ1) is 27.5. The summed E-state index contributed by atoms with van der Waals surface area (Å²) in [4.78, 5) is 0. The van der Waals surface area contributed by atoms with Crippen molar-refractivity contribution in [1.29, 1.82) is 0 Å². The zero-order valence-electron chi connectivity index (χ0n) is 33.3. The summed E-state index contributed by atoms with van der Waals surface area (Å²) >= 11 is -5.32. The number of rotatable bonds is 9. The van der Waals surface area contributed by atoms with Gasteiger partial charge in [-0.25, -0.2) is 0 Å². The Balaban J connectivity index is 1.39. The molecule has 0 saturated heterocycles. The van der Waals surface area contributed by atoms with Gasteiger partial charge in [-0.1, -0.05) is 0 Å². The van der Waals surface area contributed by atoms with Crippen LogP contribution in [0, 0.1) is 5.92 Å². The first kappa shape index (κ1) is 44.5. The molecule has 2 unspecified atom stereocenters. The molecule has 0 amide bonds. The second kappa shape index (κ2) is 15.3. The first-order valence-corrected chi connectivity index (χ1v) is 36.5. The summed E-state index contributed by atoms with van der Waals surface area (Å²) in [6.45, 7) is 10.8. The van der Waals surface area contributed by atoms with Gasteiger partial charge in [-0.05, 0) is 0 Å². The third kappa shape index (κ3) is 6.89. The summed E-state index contributed by atoms with van der Waals surface area (Å²) in [6, 6.07) is 22.9. The molecule has 0 aromatic heterocycles. The number of fused-ring (bicyclic) bond motifs is 2. The Bertz CT molecular complexity index is 2260. The van der Waals surface area contributed by atoms with Crippen LogP contribution in [0.2, 0.25) is 13.1 Å². The Hall–Kier alpha value is -2.59. The maximum atomic E-state index is 14.0. The van der Waals surface area contributed by atoms with Crippen molar-refractivity contribution in [3.05, 3.63) is 129 Å². The number of halogens is 11. The molecule has 0 bridgehead atoms. The summed E-state index contributed by atoms with van der Waals surface area (Å²) < 4.78 is 126. The molecule has 0 aliphatic heterocycles. The molecule has 4 aromatic carbocycles. The molecule has 1 fully saturated rings. The molecule has 4 aromatic rings. The van der Waals surface area contributed by atoms with Gasteiger partial charge in [-0.15, -0.1) is 0 Å². The van der Waals surface area contributed by atoms with E-state index < -0.39 is 51.0 Å². The van der Waals surface area contributed by atoms with Crippen LogP contribution in [0.5, 0.6) is 0 Å². The van der Waals surface area contributed by atoms with E-state index >= 15 is 0 Å². The van der Waals surface area contributed by atoms with Gasteiger partial charge in [0.2, 0.25) is 0 Å². The summed E-state index contributed by atoms with van der Waals surface area (Å²) in [5.74, 6) is -1.32. The molecule has 3 aliphatic rings. The van der Waals surface area contributed by atoms with E-state index in [0.29, 0.717) is 29.4 Å². The molecule has 0 heterocycles. The molecule has 0 N–H and O–H groups in total. The van der Waals surface area contributed by atoms with Crippen LogP contribution in [-0.2, 0) is 21.0 Å². The summed E-state index contributed by atoms with van der Waals surface area (Å²) in [7, 11) is 17.3. The van der Waals surface area contributed by atoms with Crippen LogP contribution < -0.4 is 0 Å². The molecule has 3 aliphatic carbocycles. The molecule has 315 valence electrons. The fraction of sp³-hybridized carbons (Fsp3) is 0.391. The Kier molecular flexibility index (Phi) is 11.6. The average Bonchev–Trinajstić information content (AvgIpc) is 3.91. The van der Waals surface area contributed by atoms with Crippen molar-refractivity contribution in [3.8, 4) is 22.3 Å². The predicted molar refractivity (Wildman–Crippen MR) is 222 cm³/mol. The standard InChI is InChI=1S/C23H25.C21H14F9.C2H7Si.2ClH.Zr/c1-16(2)17-10-12-19(13-11-17)22-9-5-8-20-14-21(15-23(20)22)18-6-3-4-7-18;1-2-12-10-14-4-3-5-16(17(14)11-12)13-6-8-15(9-7-13)18(19(22,23)24,20(25,26)27)21(28,29)30;1-3-2;;;/h5,8-16,18H,3-4,6-7H2,1-2H3;3-11H,2H2,1H3;3H,1-2H3;2*1H;/q;;;;;+2/p-2. The second-order valence-corrected chi connectivity index (χ2v) is 59.7. The zero-order valence-corrected chi connectivity index (χ0v) is 38.4. The molecule has 0 nitrogen and oxygen atoms in total. The summed E-state index contributed by atoms with van der Waals surface area (Å²) in [5.41, 5.74) is 2.15. The molecule has 13 heteroatoms. The van der Waals surface area contributed by atoms with E-state index in [-0.39, 0.29) is 24.9 Å². The van der Waals surface area contributed by atoms with E-state index in [4.69, 9.17) is 17.0 Å². The minimum atomic E-state index is -6.71. The van der Waals surface area contributed by atoms with Crippen LogP contribution in [0.1, 0.15) is 99.4 Å². The number of alkyl halides is 9. The van der Waals surface area contributed by atoms with Crippen molar-refractivity contribution < 1.29 is 55.1 Å². The fourth-order valence-corrected chi connectivity index (χ4v) is 41.7. The Labute approximate surface area is 348 Å². The van der Waals surface area contributed by atoms with Crippen molar-refractivity contribution in [3.63, 3.8) is 0 Å². The van der Waals surface area contributed by atoms with E-state index in [0.717, 1.165) is 71.2 Å². The quantitative estimate of drug-likeness (QED) is 0.116. The minimum absolute atomic E-state index is 0.171. The van der Waals surface area contributed by atoms with Crippen LogP contribution in [-0.4, -0.2) is 24.5 Å². The van der Waals surface area contributed by atoms with Crippen LogP contribution in [0.3, 0.4) is 0 Å². The van der Waals surface area contributed by atoms with Gasteiger partial charge in [-0.3, -0.25) is 0 Å². The molecular weight excluding hydrogens is 914 g/mol. The molecule has 1 saturated carbocycles. The molecular formula is C46H46Cl2F9SiZr. The monoisotopic (exact) mass is 957 g/mol. The van der Waals surface area contributed by atoms with E-state index in [9.17, 15) is 39.5 Å². The van der Waals surface area contributed by atoms with E-state index in [2.05, 4.69) is 75.5 Å². The third-order valence-corrected chi connectivity index (χ3v) is 65.2. The predicted octanol–water partition coefficient (Wildman–Crippen LogP) is 16.2. The van der Waals surface area contributed by atoms with Gasteiger partial charge in [-0.2, -0.15) is 0 Å². The van der Waals surface area contributed by atoms with Crippen molar-refractivity contribution in [2.75, 3.05) is 0 Å². The number of benzene rings is 4. The van der Waals surface area contributed by atoms with Crippen molar-refractivity contribution in [2.45, 2.75) is 103 Å². The topological polar surface area (TPSA) is 0 Å². The van der Waals surface area contributed by atoms with Gasteiger partial charge in [0.05, 0.1) is 0 Å². The van der Waals surface area contributed by atoms with Gasteiger partial charge in [0.15, 0.2) is 0 Å². The molecule has 2 atom stereocenters. The first-order valence-electron chi connectivity index (χ1n) is 20.1. The van der Waals surface area contributed by atoms with E-state index in [1.807, 2.05) is 19.1 Å². The Morgan fingerprint density at radius 3 is 1.54 bits per heavy atom. The molecule has 59 heavy (non-hydrogen) atoms. The van der Waals surface area contributed by atoms with E-state index in [1.54, 1.807) is 12.1 Å². The summed E-state index contributed by atoms with van der Waals surface area (Å²) in [5, 5.41) is 0. The van der Waals surface area contributed by atoms with Crippen LogP contribution in [0.4, 0.5) is 39.5 Å². The van der Waals surface area contributed by atoms with E-state index in [1.165, 1.54) is 11.1 Å². The second-order valence-electron chi connectivity index (χ2n) is 17.2. The SMILES string of the molecule is CCC1=Cc2c(-c3ccc(C(C(F)(F)F)(C(F)(F)F)C(F)(F)F)cc3)cccc2[CH]1[Zr]([Cl])([Cl])([CH]1C(C2CCCC2)=Cc2c(-c3ccc(C(C)C)cc3)cccc21)[SiH](C)C. The van der Waals surface area contributed by atoms with Crippen molar-refractivity contribution in [2.24, 2.45) is 5.92 Å². The average molecular weight is 960 g/mol. The normalized spacial score (nSPS) is 19.8. The summed E-state index contributed by atoms with van der Waals surface area (Å²) in [6.07, 6.45) is -10.9. The number of hydrogen-bond donors (Lipinski definition) is 0. The van der Waals surface area contributed by atoms with Crippen LogP contribution in [0.25, 0.3) is 34.4 Å². The number of hydrogen-bond acceptors (Lipinski definition) is 0. The van der Waals surface area contributed by atoms with Crippen molar-refractivity contribution >= 4 is 35.1 Å². The third-order valence-electron chi connectivity index (χ3n) is 13.5. The van der Waals surface area contributed by atoms with Gasteiger partial charge in [0.1, 0.15) is 0 Å². The van der Waals surface area contributed by atoms with Crippen molar-refractivity contribution in [1.82, 2.24) is 0 Å². The number of allylic oxidation sites excluding steroid dienone is 2. The van der Waals surface area contributed by atoms with Gasteiger partial charge in [0, 0.05) is 0 Å². The van der Waals surface area contributed by atoms with Gasteiger partial charge >= 0.3 is 351 Å². The zero-order chi connectivity index (χ0) is 43.1. The van der Waals surface area contributed by atoms with Gasteiger partial charge in [0.25, 0.3) is 0 Å². The Morgan fingerprint density at radius 1 is 0.644 bits per heavy atom. The Morgan fingerprint density at radius 2 is 1.10 bits per heavy atom. The maximum absolute atomic E-state index is 14.0. The molecule has 0 spiro atoms. The fourth-order valence-electron chi connectivity index (χ4n) is 10.3. The van der Waals surface area contributed by atoms with Crippen LogP contribution >= 0.6 is 17.0 Å².